The van der Waals surface area contributed by atoms with Crippen molar-refractivity contribution in [1.82, 2.24) is 10.2 Å². The summed E-state index contributed by atoms with van der Waals surface area (Å²) in [5, 5.41) is 3.11. The highest BCUT2D eigenvalue weighted by Crippen LogP contribution is 2.21. The molecule has 1 unspecified atom stereocenters. The molecule has 2 amide bonds. The Labute approximate surface area is 215 Å². The summed E-state index contributed by atoms with van der Waals surface area (Å²) >= 11 is 0. The molecule has 0 saturated heterocycles. The normalized spacial score (nSPS) is 14.9. The SMILES string of the molecule is Cc1cccc(CN(C(=O)CCCN(c2cccc(C)c2)S(C)(=O)=O)C(C)C(=O)NC2CCCC2)c1. The summed E-state index contributed by atoms with van der Waals surface area (Å²) in [6, 6.07) is 14.8. The maximum absolute atomic E-state index is 13.4. The van der Waals surface area contributed by atoms with Crippen molar-refractivity contribution in [3.63, 3.8) is 0 Å². The van der Waals surface area contributed by atoms with Gasteiger partial charge in [0, 0.05) is 25.6 Å². The summed E-state index contributed by atoms with van der Waals surface area (Å²) in [5.74, 6) is -0.302. The van der Waals surface area contributed by atoms with Gasteiger partial charge in [0.1, 0.15) is 6.04 Å². The summed E-state index contributed by atoms with van der Waals surface area (Å²) in [7, 11) is -3.51. The molecule has 1 N–H and O–H groups in total. The third-order valence-corrected chi connectivity index (χ3v) is 7.94. The fraction of sp³-hybridized carbons (Fsp3) is 0.500. The summed E-state index contributed by atoms with van der Waals surface area (Å²) in [6.07, 6.45) is 5.85. The van der Waals surface area contributed by atoms with E-state index >= 15 is 0 Å². The molecule has 0 heterocycles. The van der Waals surface area contributed by atoms with Crippen LogP contribution >= 0.6 is 0 Å². The molecule has 196 valence electrons. The van der Waals surface area contributed by atoms with Crippen molar-refractivity contribution < 1.29 is 18.0 Å². The molecule has 0 aliphatic heterocycles. The molecule has 36 heavy (non-hydrogen) atoms. The largest absolute Gasteiger partial charge is 0.352 e. The standard InChI is InChI=1S/C28H39N3O4S/c1-21-10-7-12-24(18-21)20-30(23(3)28(33)29-25-13-5-6-14-25)27(32)16-9-17-31(36(4,34)35)26-15-8-11-22(2)19-26/h7-8,10-12,15,18-19,23,25H,5-6,9,13-14,16-17,20H2,1-4H3,(H,29,33). The van der Waals surface area contributed by atoms with Gasteiger partial charge in [0.2, 0.25) is 21.8 Å². The molecule has 7 nitrogen and oxygen atoms in total. The molecule has 2 aromatic carbocycles. The first kappa shape index (κ1) is 27.7. The maximum atomic E-state index is 13.4. The van der Waals surface area contributed by atoms with E-state index in [-0.39, 0.29) is 30.8 Å². The van der Waals surface area contributed by atoms with Crippen LogP contribution in [0.15, 0.2) is 48.5 Å². The molecule has 1 aliphatic carbocycles. The van der Waals surface area contributed by atoms with Gasteiger partial charge in [-0.3, -0.25) is 13.9 Å². The minimum Gasteiger partial charge on any atom is -0.352 e. The quantitative estimate of drug-likeness (QED) is 0.485. The Morgan fingerprint density at radius 2 is 1.67 bits per heavy atom. The van der Waals surface area contributed by atoms with Gasteiger partial charge in [0.05, 0.1) is 11.9 Å². The van der Waals surface area contributed by atoms with Gasteiger partial charge < -0.3 is 10.2 Å². The first-order valence-corrected chi connectivity index (χ1v) is 14.6. The smallest absolute Gasteiger partial charge is 0.242 e. The van der Waals surface area contributed by atoms with Crippen molar-refractivity contribution in [3.8, 4) is 0 Å². The zero-order chi connectivity index (χ0) is 26.3. The number of sulfonamides is 1. The Morgan fingerprint density at radius 3 is 2.28 bits per heavy atom. The monoisotopic (exact) mass is 513 g/mol. The van der Waals surface area contributed by atoms with E-state index in [0.717, 1.165) is 42.4 Å². The summed E-state index contributed by atoms with van der Waals surface area (Å²) in [6.45, 7) is 6.20. The lowest BCUT2D eigenvalue weighted by Gasteiger charge is -2.30. The number of nitrogens with one attached hydrogen (secondary N) is 1. The van der Waals surface area contributed by atoms with Crippen LogP contribution in [0.25, 0.3) is 0 Å². The molecule has 3 rings (SSSR count). The summed E-state index contributed by atoms with van der Waals surface area (Å²) in [4.78, 5) is 28.1. The molecule has 2 aromatic rings. The number of nitrogens with zero attached hydrogens (tertiary/aromatic N) is 2. The zero-order valence-electron chi connectivity index (χ0n) is 21.9. The highest BCUT2D eigenvalue weighted by Gasteiger charge is 2.28. The number of carbonyl (C=O) groups is 2. The summed E-state index contributed by atoms with van der Waals surface area (Å²) in [5.41, 5.74) is 3.60. The second-order valence-electron chi connectivity index (χ2n) is 9.95. The van der Waals surface area contributed by atoms with Crippen LogP contribution in [0.2, 0.25) is 0 Å². The van der Waals surface area contributed by atoms with E-state index in [1.165, 1.54) is 10.6 Å². The number of anilines is 1. The molecule has 1 saturated carbocycles. The van der Waals surface area contributed by atoms with Gasteiger partial charge in [-0.25, -0.2) is 8.42 Å². The van der Waals surface area contributed by atoms with E-state index in [1.807, 2.05) is 56.3 Å². The minimum atomic E-state index is -3.51. The van der Waals surface area contributed by atoms with E-state index in [0.29, 0.717) is 18.7 Å². The highest BCUT2D eigenvalue weighted by atomic mass is 32.2. The minimum absolute atomic E-state index is 0.138. The number of rotatable bonds is 11. The molecular weight excluding hydrogens is 474 g/mol. The topological polar surface area (TPSA) is 86.8 Å². The average Bonchev–Trinajstić information content (AvgIpc) is 3.32. The lowest BCUT2D eigenvalue weighted by molar-refractivity contribution is -0.141. The predicted molar refractivity (Wildman–Crippen MR) is 144 cm³/mol. The number of aryl methyl sites for hydroxylation is 2. The Hall–Kier alpha value is -2.87. The second-order valence-corrected chi connectivity index (χ2v) is 11.9. The van der Waals surface area contributed by atoms with Gasteiger partial charge >= 0.3 is 0 Å². The van der Waals surface area contributed by atoms with Crippen molar-refractivity contribution in [2.45, 2.75) is 77.9 Å². The lowest BCUT2D eigenvalue weighted by Crippen LogP contribution is -2.49. The van der Waals surface area contributed by atoms with Gasteiger partial charge in [-0.1, -0.05) is 54.8 Å². The van der Waals surface area contributed by atoms with Crippen LogP contribution in [0.1, 0.15) is 62.1 Å². The number of carbonyl (C=O) groups excluding carboxylic acids is 2. The number of benzene rings is 2. The van der Waals surface area contributed by atoms with Crippen LogP contribution in [0.5, 0.6) is 0 Å². The van der Waals surface area contributed by atoms with Crippen LogP contribution in [0.3, 0.4) is 0 Å². The Bertz CT molecular complexity index is 1160. The lowest BCUT2D eigenvalue weighted by atomic mass is 10.1. The average molecular weight is 514 g/mol. The molecule has 0 aromatic heterocycles. The highest BCUT2D eigenvalue weighted by molar-refractivity contribution is 7.92. The van der Waals surface area contributed by atoms with Gasteiger partial charge in [-0.15, -0.1) is 0 Å². The Morgan fingerprint density at radius 1 is 1.03 bits per heavy atom. The van der Waals surface area contributed by atoms with E-state index in [9.17, 15) is 18.0 Å². The van der Waals surface area contributed by atoms with Crippen LogP contribution < -0.4 is 9.62 Å². The third kappa shape index (κ3) is 7.82. The molecule has 1 atom stereocenters. The first-order valence-electron chi connectivity index (χ1n) is 12.7. The second kappa shape index (κ2) is 12.4. The van der Waals surface area contributed by atoms with E-state index in [2.05, 4.69) is 5.32 Å². The fourth-order valence-electron chi connectivity index (χ4n) is 4.77. The van der Waals surface area contributed by atoms with E-state index < -0.39 is 16.1 Å². The van der Waals surface area contributed by atoms with Crippen LogP contribution in [0, 0.1) is 13.8 Å². The zero-order valence-corrected chi connectivity index (χ0v) is 22.7. The summed E-state index contributed by atoms with van der Waals surface area (Å²) < 4.78 is 26.3. The van der Waals surface area contributed by atoms with E-state index in [4.69, 9.17) is 0 Å². The molecule has 1 fully saturated rings. The van der Waals surface area contributed by atoms with Crippen LogP contribution in [-0.4, -0.2) is 50.0 Å². The molecule has 0 radical (unpaired) electrons. The van der Waals surface area contributed by atoms with Crippen molar-refractivity contribution in [2.24, 2.45) is 0 Å². The molecule has 8 heteroatoms. The van der Waals surface area contributed by atoms with Crippen molar-refractivity contribution in [2.75, 3.05) is 17.1 Å². The van der Waals surface area contributed by atoms with Crippen molar-refractivity contribution >= 4 is 27.5 Å². The molecule has 1 aliphatic rings. The van der Waals surface area contributed by atoms with E-state index in [1.54, 1.807) is 17.9 Å². The van der Waals surface area contributed by atoms with Crippen LogP contribution in [-0.2, 0) is 26.2 Å². The van der Waals surface area contributed by atoms with Crippen molar-refractivity contribution in [1.29, 1.82) is 0 Å². The van der Waals surface area contributed by atoms with Gasteiger partial charge in [0.25, 0.3) is 0 Å². The Kier molecular flexibility index (Phi) is 9.54. The van der Waals surface area contributed by atoms with Crippen LogP contribution in [0.4, 0.5) is 5.69 Å². The maximum Gasteiger partial charge on any atom is 0.242 e. The van der Waals surface area contributed by atoms with Gasteiger partial charge in [-0.2, -0.15) is 0 Å². The first-order chi connectivity index (χ1) is 17.0. The predicted octanol–water partition coefficient (Wildman–Crippen LogP) is 4.33. The van der Waals surface area contributed by atoms with Gasteiger partial charge in [0.15, 0.2) is 0 Å². The number of hydrogen-bond donors (Lipinski definition) is 1. The number of amides is 2. The number of hydrogen-bond acceptors (Lipinski definition) is 4. The molecular formula is C28H39N3O4S. The third-order valence-electron chi connectivity index (χ3n) is 6.75. The Balaban J connectivity index is 1.72. The molecule has 0 spiro atoms. The molecule has 0 bridgehead atoms. The fourth-order valence-corrected chi connectivity index (χ4v) is 5.73. The van der Waals surface area contributed by atoms with Crippen molar-refractivity contribution in [3.05, 3.63) is 65.2 Å². The van der Waals surface area contributed by atoms with Gasteiger partial charge in [-0.05, 0) is 63.3 Å².